The van der Waals surface area contributed by atoms with Crippen molar-refractivity contribution < 1.29 is 5.11 Å². The highest BCUT2D eigenvalue weighted by Gasteiger charge is 2.22. The summed E-state index contributed by atoms with van der Waals surface area (Å²) in [5.74, 6) is 0.557. The first kappa shape index (κ1) is 9.92. The smallest absolute Gasteiger partial charge is 0.0742 e. The van der Waals surface area contributed by atoms with Gasteiger partial charge in [0.25, 0.3) is 0 Å². The van der Waals surface area contributed by atoms with Gasteiger partial charge in [-0.3, -0.25) is 0 Å². The van der Waals surface area contributed by atoms with Crippen molar-refractivity contribution >= 4 is 0 Å². The summed E-state index contributed by atoms with van der Waals surface area (Å²) < 4.78 is 0. The summed E-state index contributed by atoms with van der Waals surface area (Å²) in [4.78, 5) is 0. The molecule has 0 radical (unpaired) electrons. The minimum Gasteiger partial charge on any atom is -0.389 e. The molecule has 0 unspecified atom stereocenters. The van der Waals surface area contributed by atoms with E-state index < -0.39 is 5.60 Å². The van der Waals surface area contributed by atoms with Gasteiger partial charge in [0.05, 0.1) is 5.60 Å². The van der Waals surface area contributed by atoms with Gasteiger partial charge in [0.2, 0.25) is 0 Å². The van der Waals surface area contributed by atoms with E-state index in [1.165, 1.54) is 0 Å². The molecule has 0 fully saturated rings. The summed E-state index contributed by atoms with van der Waals surface area (Å²) in [5, 5.41) is 9.41. The number of hydrogen-bond acceptors (Lipinski definition) is 2. The number of nitrogens with two attached hydrogens (primary N) is 1. The standard InChI is InChI=1S/C8H19NO/c1-6(2)5-7(9)8(3,4)10/h6-7,10H,5,9H2,1-4H3/t7-/m1/s1. The molecule has 0 saturated carbocycles. The summed E-state index contributed by atoms with van der Waals surface area (Å²) >= 11 is 0. The van der Waals surface area contributed by atoms with Crippen LogP contribution in [-0.4, -0.2) is 16.7 Å². The molecule has 62 valence electrons. The lowest BCUT2D eigenvalue weighted by Gasteiger charge is -2.26. The average Bonchev–Trinajstić information content (AvgIpc) is 1.60. The predicted octanol–water partition coefficient (Wildman–Crippen LogP) is 1.13. The van der Waals surface area contributed by atoms with Gasteiger partial charge in [0, 0.05) is 6.04 Å². The third-order valence-corrected chi connectivity index (χ3v) is 1.63. The predicted molar refractivity (Wildman–Crippen MR) is 43.7 cm³/mol. The van der Waals surface area contributed by atoms with Crippen LogP contribution in [0.4, 0.5) is 0 Å². The van der Waals surface area contributed by atoms with Gasteiger partial charge >= 0.3 is 0 Å². The van der Waals surface area contributed by atoms with Crippen LogP contribution in [0.25, 0.3) is 0 Å². The van der Waals surface area contributed by atoms with Crippen LogP contribution in [0, 0.1) is 5.92 Å². The van der Waals surface area contributed by atoms with E-state index in [9.17, 15) is 5.11 Å². The van der Waals surface area contributed by atoms with Crippen molar-refractivity contribution in [1.29, 1.82) is 0 Å². The molecule has 0 aliphatic heterocycles. The normalized spacial score (nSPS) is 15.9. The maximum atomic E-state index is 9.41. The minimum atomic E-state index is -0.732. The van der Waals surface area contributed by atoms with E-state index in [1.807, 2.05) is 0 Å². The topological polar surface area (TPSA) is 46.2 Å². The maximum Gasteiger partial charge on any atom is 0.0742 e. The van der Waals surface area contributed by atoms with E-state index in [-0.39, 0.29) is 6.04 Å². The molecular weight excluding hydrogens is 126 g/mol. The Morgan fingerprint density at radius 3 is 1.90 bits per heavy atom. The van der Waals surface area contributed by atoms with E-state index in [0.717, 1.165) is 6.42 Å². The Kier molecular flexibility index (Phi) is 3.33. The molecule has 2 nitrogen and oxygen atoms in total. The SMILES string of the molecule is CC(C)C[C@@H](N)C(C)(C)O. The highest BCUT2D eigenvalue weighted by Crippen LogP contribution is 2.13. The molecule has 0 aromatic rings. The largest absolute Gasteiger partial charge is 0.389 e. The van der Waals surface area contributed by atoms with Crippen LogP contribution in [0.2, 0.25) is 0 Å². The molecule has 0 spiro atoms. The summed E-state index contributed by atoms with van der Waals surface area (Å²) in [5.41, 5.74) is 4.97. The Balaban J connectivity index is 3.73. The number of aliphatic hydroxyl groups is 1. The molecule has 0 bridgehead atoms. The number of hydrogen-bond donors (Lipinski definition) is 2. The van der Waals surface area contributed by atoms with Crippen LogP contribution in [0.15, 0.2) is 0 Å². The Morgan fingerprint density at radius 2 is 1.80 bits per heavy atom. The van der Waals surface area contributed by atoms with Gasteiger partial charge in [-0.1, -0.05) is 13.8 Å². The molecule has 0 saturated heterocycles. The maximum absolute atomic E-state index is 9.41. The van der Waals surface area contributed by atoms with Crippen LogP contribution in [-0.2, 0) is 0 Å². The van der Waals surface area contributed by atoms with Gasteiger partial charge in [0.1, 0.15) is 0 Å². The molecule has 1 atom stereocenters. The van der Waals surface area contributed by atoms with Gasteiger partial charge in [-0.25, -0.2) is 0 Å². The van der Waals surface area contributed by atoms with Crippen molar-refractivity contribution in [3.63, 3.8) is 0 Å². The fourth-order valence-electron chi connectivity index (χ4n) is 0.796. The van der Waals surface area contributed by atoms with E-state index >= 15 is 0 Å². The summed E-state index contributed by atoms with van der Waals surface area (Å²) in [7, 11) is 0. The van der Waals surface area contributed by atoms with Gasteiger partial charge in [0.15, 0.2) is 0 Å². The van der Waals surface area contributed by atoms with Crippen molar-refractivity contribution in [2.45, 2.75) is 45.8 Å². The molecular formula is C8H19NO. The molecule has 0 aromatic carbocycles. The van der Waals surface area contributed by atoms with Gasteiger partial charge in [-0.15, -0.1) is 0 Å². The third kappa shape index (κ3) is 3.85. The minimum absolute atomic E-state index is 0.104. The molecule has 2 heteroatoms. The van der Waals surface area contributed by atoms with E-state index in [1.54, 1.807) is 13.8 Å². The molecule has 0 rings (SSSR count). The highest BCUT2D eigenvalue weighted by molar-refractivity contribution is 4.80. The van der Waals surface area contributed by atoms with Crippen molar-refractivity contribution in [3.05, 3.63) is 0 Å². The lowest BCUT2D eigenvalue weighted by molar-refractivity contribution is 0.0448. The second-order valence-electron chi connectivity index (χ2n) is 3.89. The monoisotopic (exact) mass is 145 g/mol. The Morgan fingerprint density at radius 1 is 1.40 bits per heavy atom. The zero-order valence-electron chi connectivity index (χ0n) is 7.39. The van der Waals surface area contributed by atoms with Crippen molar-refractivity contribution in [3.8, 4) is 0 Å². The summed E-state index contributed by atoms with van der Waals surface area (Å²) in [6.07, 6.45) is 0.878. The van der Waals surface area contributed by atoms with Gasteiger partial charge in [-0.2, -0.15) is 0 Å². The number of rotatable bonds is 3. The Hall–Kier alpha value is -0.0800. The van der Waals surface area contributed by atoms with Crippen LogP contribution < -0.4 is 5.73 Å². The van der Waals surface area contributed by atoms with E-state index in [0.29, 0.717) is 5.92 Å². The third-order valence-electron chi connectivity index (χ3n) is 1.63. The van der Waals surface area contributed by atoms with Crippen LogP contribution in [0.3, 0.4) is 0 Å². The fraction of sp³-hybridized carbons (Fsp3) is 1.00. The summed E-state index contributed by atoms with van der Waals surface area (Å²) in [6, 6.07) is -0.104. The Bertz CT molecular complexity index is 93.9. The van der Waals surface area contributed by atoms with Gasteiger partial charge < -0.3 is 10.8 Å². The zero-order chi connectivity index (χ0) is 8.36. The molecule has 0 aliphatic rings. The van der Waals surface area contributed by atoms with E-state index in [4.69, 9.17) is 5.73 Å². The van der Waals surface area contributed by atoms with E-state index in [2.05, 4.69) is 13.8 Å². The molecule has 0 aliphatic carbocycles. The Labute approximate surface area is 63.4 Å². The van der Waals surface area contributed by atoms with Crippen molar-refractivity contribution in [2.75, 3.05) is 0 Å². The quantitative estimate of drug-likeness (QED) is 0.625. The first-order valence-electron chi connectivity index (χ1n) is 3.82. The first-order chi connectivity index (χ1) is 4.34. The fourth-order valence-corrected chi connectivity index (χ4v) is 0.796. The van der Waals surface area contributed by atoms with Crippen molar-refractivity contribution in [2.24, 2.45) is 11.7 Å². The van der Waals surface area contributed by atoms with Crippen LogP contribution in [0.1, 0.15) is 34.1 Å². The molecule has 0 aromatic heterocycles. The van der Waals surface area contributed by atoms with Crippen LogP contribution in [0.5, 0.6) is 0 Å². The first-order valence-corrected chi connectivity index (χ1v) is 3.82. The lowest BCUT2D eigenvalue weighted by atomic mass is 9.92. The zero-order valence-corrected chi connectivity index (χ0v) is 7.39. The average molecular weight is 145 g/mol. The molecule has 0 amide bonds. The van der Waals surface area contributed by atoms with Crippen molar-refractivity contribution in [1.82, 2.24) is 0 Å². The molecule has 3 N–H and O–H groups in total. The highest BCUT2D eigenvalue weighted by atomic mass is 16.3. The summed E-state index contributed by atoms with van der Waals surface area (Å²) in [6.45, 7) is 7.71. The second-order valence-corrected chi connectivity index (χ2v) is 3.89. The van der Waals surface area contributed by atoms with Crippen LogP contribution >= 0.6 is 0 Å². The van der Waals surface area contributed by atoms with Gasteiger partial charge in [-0.05, 0) is 26.2 Å². The lowest BCUT2D eigenvalue weighted by Crippen LogP contribution is -2.43. The molecule has 0 heterocycles. The molecule has 10 heavy (non-hydrogen) atoms. The second kappa shape index (κ2) is 3.35.